The zero-order chi connectivity index (χ0) is 24.1. The Bertz CT molecular complexity index is 1010. The van der Waals surface area contributed by atoms with Gasteiger partial charge in [-0.05, 0) is 36.4 Å². The SMILES string of the molecule is O=C(COC(=O)CNC(=O)c1ccc(C(F)(F)F)cc1)Nc1c(Cl)cccc1C(F)(F)F. The summed E-state index contributed by atoms with van der Waals surface area (Å²) in [7, 11) is 0. The molecule has 0 radical (unpaired) electrons. The molecule has 0 aliphatic rings. The van der Waals surface area contributed by atoms with Gasteiger partial charge >= 0.3 is 18.3 Å². The number of nitrogens with one attached hydrogen (secondary N) is 2. The number of anilines is 1. The Labute approximate surface area is 181 Å². The first-order valence-corrected chi connectivity index (χ1v) is 8.93. The van der Waals surface area contributed by atoms with Gasteiger partial charge in [0, 0.05) is 5.56 Å². The number of benzene rings is 2. The Morgan fingerprint density at radius 1 is 0.906 bits per heavy atom. The van der Waals surface area contributed by atoms with E-state index in [-0.39, 0.29) is 10.6 Å². The minimum Gasteiger partial charge on any atom is -0.454 e. The lowest BCUT2D eigenvalue weighted by Gasteiger charge is -2.15. The molecule has 172 valence electrons. The number of carbonyl (C=O) groups excluding carboxylic acids is 3. The first-order valence-electron chi connectivity index (χ1n) is 8.55. The molecular formula is C19H13ClF6N2O4. The molecule has 0 aliphatic heterocycles. The second-order valence-electron chi connectivity index (χ2n) is 6.13. The first kappa shape index (κ1) is 25.0. The number of hydrogen-bond donors (Lipinski definition) is 2. The van der Waals surface area contributed by atoms with E-state index in [0.717, 1.165) is 24.3 Å². The molecule has 0 saturated carbocycles. The van der Waals surface area contributed by atoms with Crippen LogP contribution in [0.25, 0.3) is 0 Å². The van der Waals surface area contributed by atoms with Gasteiger partial charge in [-0.2, -0.15) is 26.3 Å². The Balaban J connectivity index is 1.86. The summed E-state index contributed by atoms with van der Waals surface area (Å²) >= 11 is 5.69. The van der Waals surface area contributed by atoms with E-state index < -0.39 is 60.1 Å². The van der Waals surface area contributed by atoms with Crippen LogP contribution in [0.5, 0.6) is 0 Å². The van der Waals surface area contributed by atoms with E-state index in [2.05, 4.69) is 10.1 Å². The zero-order valence-corrected chi connectivity index (χ0v) is 16.5. The van der Waals surface area contributed by atoms with Gasteiger partial charge in [-0.15, -0.1) is 0 Å². The average Bonchev–Trinajstić information content (AvgIpc) is 2.70. The smallest absolute Gasteiger partial charge is 0.418 e. The number of amides is 2. The molecule has 2 aromatic carbocycles. The summed E-state index contributed by atoms with van der Waals surface area (Å²) in [6.07, 6.45) is -9.38. The zero-order valence-electron chi connectivity index (χ0n) is 15.7. The highest BCUT2D eigenvalue weighted by molar-refractivity contribution is 6.34. The Morgan fingerprint density at radius 2 is 1.53 bits per heavy atom. The molecule has 0 aliphatic carbocycles. The molecule has 0 heterocycles. The first-order chi connectivity index (χ1) is 14.8. The Kier molecular flexibility index (Phi) is 7.73. The minimum atomic E-state index is -4.80. The summed E-state index contributed by atoms with van der Waals surface area (Å²) in [6, 6.07) is 6.03. The van der Waals surface area contributed by atoms with E-state index >= 15 is 0 Å². The fourth-order valence-corrected chi connectivity index (χ4v) is 2.55. The van der Waals surface area contributed by atoms with Crippen LogP contribution < -0.4 is 10.6 Å². The highest BCUT2D eigenvalue weighted by Gasteiger charge is 2.35. The van der Waals surface area contributed by atoms with Crippen LogP contribution in [0, 0.1) is 0 Å². The number of ether oxygens (including phenoxy) is 1. The topological polar surface area (TPSA) is 84.5 Å². The molecule has 0 saturated heterocycles. The Hall–Kier alpha value is -3.28. The molecule has 2 amide bonds. The largest absolute Gasteiger partial charge is 0.454 e. The fourth-order valence-electron chi connectivity index (χ4n) is 2.33. The lowest BCUT2D eigenvalue weighted by atomic mass is 10.1. The van der Waals surface area contributed by atoms with Gasteiger partial charge in [0.2, 0.25) is 0 Å². The third-order valence-electron chi connectivity index (χ3n) is 3.82. The van der Waals surface area contributed by atoms with Crippen LogP contribution >= 0.6 is 11.6 Å². The maximum absolute atomic E-state index is 13.0. The lowest BCUT2D eigenvalue weighted by molar-refractivity contribution is -0.146. The third kappa shape index (κ3) is 6.87. The van der Waals surface area contributed by atoms with E-state index in [1.807, 2.05) is 5.32 Å². The number of esters is 1. The summed E-state index contributed by atoms with van der Waals surface area (Å²) in [4.78, 5) is 35.3. The number of para-hydroxylation sites is 1. The molecule has 0 aromatic heterocycles. The van der Waals surface area contributed by atoms with Crippen molar-refractivity contribution in [2.45, 2.75) is 12.4 Å². The second kappa shape index (κ2) is 9.90. The quantitative estimate of drug-likeness (QED) is 0.475. The van der Waals surface area contributed by atoms with Crippen LogP contribution in [0.1, 0.15) is 21.5 Å². The molecule has 2 N–H and O–H groups in total. The van der Waals surface area contributed by atoms with Crippen LogP contribution in [0.2, 0.25) is 5.02 Å². The molecule has 2 rings (SSSR count). The van der Waals surface area contributed by atoms with E-state index in [4.69, 9.17) is 11.6 Å². The van der Waals surface area contributed by atoms with Crippen molar-refractivity contribution in [2.24, 2.45) is 0 Å². The average molecular weight is 483 g/mol. The minimum absolute atomic E-state index is 0.165. The summed E-state index contributed by atoms with van der Waals surface area (Å²) < 4.78 is 81.1. The molecule has 0 fully saturated rings. The van der Waals surface area contributed by atoms with E-state index in [0.29, 0.717) is 18.2 Å². The molecule has 32 heavy (non-hydrogen) atoms. The van der Waals surface area contributed by atoms with Crippen LogP contribution in [-0.4, -0.2) is 30.9 Å². The standard InChI is InChI=1S/C19H13ClF6N2O4/c20-13-3-1-2-12(19(24,25)26)16(13)28-14(29)9-32-15(30)8-27-17(31)10-4-6-11(7-5-10)18(21,22)23/h1-7H,8-9H2,(H,27,31)(H,28,29). The molecule has 0 atom stereocenters. The van der Waals surface area contributed by atoms with Crippen molar-refractivity contribution in [1.29, 1.82) is 0 Å². The third-order valence-corrected chi connectivity index (χ3v) is 4.13. The van der Waals surface area contributed by atoms with Gasteiger partial charge in [-0.1, -0.05) is 17.7 Å². The Morgan fingerprint density at radius 3 is 2.09 bits per heavy atom. The molecule has 0 spiro atoms. The van der Waals surface area contributed by atoms with Gasteiger partial charge < -0.3 is 15.4 Å². The molecule has 0 unspecified atom stereocenters. The van der Waals surface area contributed by atoms with Crippen LogP contribution in [0.4, 0.5) is 32.0 Å². The van der Waals surface area contributed by atoms with E-state index in [9.17, 15) is 40.7 Å². The number of hydrogen-bond acceptors (Lipinski definition) is 4. The number of alkyl halides is 6. The van der Waals surface area contributed by atoms with E-state index in [1.54, 1.807) is 0 Å². The molecular weight excluding hydrogens is 470 g/mol. The number of halogens is 7. The van der Waals surface area contributed by atoms with Crippen molar-refractivity contribution in [3.05, 3.63) is 64.2 Å². The molecule has 6 nitrogen and oxygen atoms in total. The summed E-state index contributed by atoms with van der Waals surface area (Å²) in [5.41, 5.74) is -3.04. The summed E-state index contributed by atoms with van der Waals surface area (Å²) in [5, 5.41) is 3.59. The summed E-state index contributed by atoms with van der Waals surface area (Å²) in [6.45, 7) is -1.72. The van der Waals surface area contributed by atoms with Crippen molar-refractivity contribution < 1.29 is 45.5 Å². The van der Waals surface area contributed by atoms with Crippen LogP contribution in [0.15, 0.2) is 42.5 Å². The maximum Gasteiger partial charge on any atom is 0.418 e. The van der Waals surface area contributed by atoms with Crippen molar-refractivity contribution >= 4 is 35.1 Å². The number of rotatable bonds is 6. The van der Waals surface area contributed by atoms with E-state index in [1.165, 1.54) is 0 Å². The highest BCUT2D eigenvalue weighted by atomic mass is 35.5. The van der Waals surface area contributed by atoms with Gasteiger partial charge in [0.15, 0.2) is 6.61 Å². The molecule has 0 bridgehead atoms. The molecule has 2 aromatic rings. The number of carbonyl (C=O) groups is 3. The summed E-state index contributed by atoms with van der Waals surface area (Å²) in [5.74, 6) is -3.12. The van der Waals surface area contributed by atoms with Gasteiger partial charge in [0.05, 0.1) is 21.8 Å². The molecule has 13 heteroatoms. The van der Waals surface area contributed by atoms with Crippen LogP contribution in [0.3, 0.4) is 0 Å². The second-order valence-corrected chi connectivity index (χ2v) is 6.53. The van der Waals surface area contributed by atoms with Gasteiger partial charge in [-0.3, -0.25) is 14.4 Å². The fraction of sp³-hybridized carbons (Fsp3) is 0.211. The predicted octanol–water partition coefficient (Wildman–Crippen LogP) is 4.29. The monoisotopic (exact) mass is 482 g/mol. The lowest BCUT2D eigenvalue weighted by Crippen LogP contribution is -2.32. The van der Waals surface area contributed by atoms with Crippen molar-refractivity contribution in [1.82, 2.24) is 5.32 Å². The maximum atomic E-state index is 13.0. The van der Waals surface area contributed by atoms with Crippen LogP contribution in [-0.2, 0) is 26.7 Å². The van der Waals surface area contributed by atoms with Gasteiger partial charge in [0.25, 0.3) is 11.8 Å². The van der Waals surface area contributed by atoms with Crippen molar-refractivity contribution in [3.8, 4) is 0 Å². The highest BCUT2D eigenvalue weighted by Crippen LogP contribution is 2.38. The van der Waals surface area contributed by atoms with Crippen molar-refractivity contribution in [3.63, 3.8) is 0 Å². The predicted molar refractivity (Wildman–Crippen MR) is 99.8 cm³/mol. The normalized spacial score (nSPS) is 11.6. The van der Waals surface area contributed by atoms with Gasteiger partial charge in [0.1, 0.15) is 6.54 Å². The van der Waals surface area contributed by atoms with Crippen molar-refractivity contribution in [2.75, 3.05) is 18.5 Å². The van der Waals surface area contributed by atoms with Gasteiger partial charge in [-0.25, -0.2) is 0 Å².